The van der Waals surface area contributed by atoms with Gasteiger partial charge < -0.3 is 15.8 Å². The van der Waals surface area contributed by atoms with Gasteiger partial charge in [-0.2, -0.15) is 0 Å². The third kappa shape index (κ3) is 1.94. The molecule has 5 heteroatoms. The zero-order valence-electron chi connectivity index (χ0n) is 7.04. The third-order valence-corrected chi connectivity index (χ3v) is 1.67. The molecule has 1 aliphatic heterocycles. The summed E-state index contributed by atoms with van der Waals surface area (Å²) in [6.07, 6.45) is 0.688. The SMILES string of the molecule is COC(=O)C1CN=C(CCN)N1. The maximum absolute atomic E-state index is 11.0. The summed E-state index contributed by atoms with van der Waals surface area (Å²) in [4.78, 5) is 15.1. The van der Waals surface area contributed by atoms with E-state index in [1.54, 1.807) is 0 Å². The van der Waals surface area contributed by atoms with Gasteiger partial charge in [-0.05, 0) is 6.54 Å². The number of aliphatic imine (C=N–C) groups is 1. The molecule has 3 N–H and O–H groups in total. The molecule has 0 aromatic heterocycles. The summed E-state index contributed by atoms with van der Waals surface area (Å²) in [6.45, 7) is 1.00. The van der Waals surface area contributed by atoms with Gasteiger partial charge in [-0.3, -0.25) is 4.99 Å². The number of hydrogen-bond acceptors (Lipinski definition) is 5. The van der Waals surface area contributed by atoms with Crippen LogP contribution in [0.5, 0.6) is 0 Å². The van der Waals surface area contributed by atoms with Gasteiger partial charge in [0.25, 0.3) is 0 Å². The number of nitrogens with zero attached hydrogens (tertiary/aromatic N) is 1. The topological polar surface area (TPSA) is 76.7 Å². The number of carbonyl (C=O) groups excluding carboxylic acids is 1. The van der Waals surface area contributed by atoms with Crippen molar-refractivity contribution in [1.29, 1.82) is 0 Å². The monoisotopic (exact) mass is 171 g/mol. The molecule has 1 rings (SSSR count). The predicted molar refractivity (Wildman–Crippen MR) is 44.9 cm³/mol. The molecule has 0 radical (unpaired) electrons. The Balaban J connectivity index is 2.36. The zero-order chi connectivity index (χ0) is 8.97. The lowest BCUT2D eigenvalue weighted by atomic mass is 10.3. The van der Waals surface area contributed by atoms with Crippen molar-refractivity contribution in [3.05, 3.63) is 0 Å². The number of nitrogens with one attached hydrogen (secondary N) is 1. The van der Waals surface area contributed by atoms with E-state index >= 15 is 0 Å². The number of amidine groups is 1. The number of rotatable bonds is 3. The van der Waals surface area contributed by atoms with Crippen molar-refractivity contribution in [3.63, 3.8) is 0 Å². The molecule has 1 heterocycles. The molecule has 0 amide bonds. The van der Waals surface area contributed by atoms with Crippen LogP contribution in [-0.4, -0.2) is 38.0 Å². The van der Waals surface area contributed by atoms with Gasteiger partial charge in [0.05, 0.1) is 19.5 Å². The van der Waals surface area contributed by atoms with E-state index in [1.807, 2.05) is 0 Å². The van der Waals surface area contributed by atoms with E-state index in [4.69, 9.17) is 5.73 Å². The van der Waals surface area contributed by atoms with E-state index in [-0.39, 0.29) is 12.0 Å². The largest absolute Gasteiger partial charge is 0.467 e. The van der Waals surface area contributed by atoms with E-state index < -0.39 is 0 Å². The van der Waals surface area contributed by atoms with Gasteiger partial charge in [-0.1, -0.05) is 0 Å². The minimum atomic E-state index is -0.309. The van der Waals surface area contributed by atoms with Gasteiger partial charge in [0.15, 0.2) is 0 Å². The fourth-order valence-corrected chi connectivity index (χ4v) is 1.06. The standard InChI is InChI=1S/C7H13N3O2/c1-12-7(11)5-4-9-6(10-5)2-3-8/h5H,2-4,8H2,1H3,(H,9,10). The molecule has 1 aliphatic rings. The number of esters is 1. The minimum Gasteiger partial charge on any atom is -0.467 e. The van der Waals surface area contributed by atoms with Crippen LogP contribution < -0.4 is 11.1 Å². The Kier molecular flexibility index (Phi) is 3.04. The third-order valence-electron chi connectivity index (χ3n) is 1.67. The van der Waals surface area contributed by atoms with Crippen LogP contribution >= 0.6 is 0 Å². The number of hydrogen-bond donors (Lipinski definition) is 2. The first kappa shape index (κ1) is 8.99. The van der Waals surface area contributed by atoms with Crippen LogP contribution in [0, 0.1) is 0 Å². The highest BCUT2D eigenvalue weighted by molar-refractivity contribution is 5.90. The zero-order valence-corrected chi connectivity index (χ0v) is 7.04. The molecule has 0 saturated carbocycles. The van der Waals surface area contributed by atoms with E-state index in [2.05, 4.69) is 15.0 Å². The van der Waals surface area contributed by atoms with Crippen molar-refractivity contribution in [2.24, 2.45) is 10.7 Å². The van der Waals surface area contributed by atoms with Crippen molar-refractivity contribution in [2.75, 3.05) is 20.2 Å². The van der Waals surface area contributed by atoms with Crippen molar-refractivity contribution >= 4 is 11.8 Å². The molecule has 0 aliphatic carbocycles. The maximum Gasteiger partial charge on any atom is 0.330 e. The highest BCUT2D eigenvalue weighted by Crippen LogP contribution is 1.99. The molecule has 0 bridgehead atoms. The minimum absolute atomic E-state index is 0.272. The lowest BCUT2D eigenvalue weighted by Gasteiger charge is -2.08. The molecule has 0 aromatic rings. The maximum atomic E-state index is 11.0. The highest BCUT2D eigenvalue weighted by atomic mass is 16.5. The van der Waals surface area contributed by atoms with Crippen molar-refractivity contribution < 1.29 is 9.53 Å². The second-order valence-electron chi connectivity index (χ2n) is 2.55. The van der Waals surface area contributed by atoms with Crippen LogP contribution in [0.15, 0.2) is 4.99 Å². The molecule has 1 atom stereocenters. The van der Waals surface area contributed by atoms with Gasteiger partial charge in [0.1, 0.15) is 6.04 Å². The fraction of sp³-hybridized carbons (Fsp3) is 0.714. The summed E-state index contributed by atoms with van der Waals surface area (Å²) in [5, 5.41) is 2.94. The Hall–Kier alpha value is -1.10. The number of carbonyl (C=O) groups is 1. The van der Waals surface area contributed by atoms with Crippen LogP contribution in [-0.2, 0) is 9.53 Å². The van der Waals surface area contributed by atoms with E-state index in [0.29, 0.717) is 19.5 Å². The van der Waals surface area contributed by atoms with Crippen LogP contribution in [0.4, 0.5) is 0 Å². The summed E-state index contributed by atoms with van der Waals surface area (Å²) < 4.78 is 4.55. The number of nitrogens with two attached hydrogens (primary N) is 1. The molecule has 68 valence electrons. The predicted octanol–water partition coefficient (Wildman–Crippen LogP) is -1.12. The highest BCUT2D eigenvalue weighted by Gasteiger charge is 2.24. The average Bonchev–Trinajstić information content (AvgIpc) is 2.52. The Morgan fingerprint density at radius 2 is 2.67 bits per heavy atom. The molecule has 12 heavy (non-hydrogen) atoms. The first-order valence-corrected chi connectivity index (χ1v) is 3.85. The van der Waals surface area contributed by atoms with Crippen molar-refractivity contribution in [1.82, 2.24) is 5.32 Å². The van der Waals surface area contributed by atoms with Gasteiger partial charge >= 0.3 is 5.97 Å². The lowest BCUT2D eigenvalue weighted by Crippen LogP contribution is -2.38. The van der Waals surface area contributed by atoms with Crippen LogP contribution in [0.1, 0.15) is 6.42 Å². The van der Waals surface area contributed by atoms with Gasteiger partial charge in [-0.15, -0.1) is 0 Å². The Labute approximate surface area is 71.0 Å². The van der Waals surface area contributed by atoms with Crippen LogP contribution in [0.3, 0.4) is 0 Å². The second-order valence-corrected chi connectivity index (χ2v) is 2.55. The molecule has 0 fully saturated rings. The molecule has 0 saturated heterocycles. The lowest BCUT2D eigenvalue weighted by molar-refractivity contribution is -0.142. The molecule has 1 unspecified atom stereocenters. The summed E-state index contributed by atoms with van der Waals surface area (Å²) in [5.41, 5.74) is 5.33. The summed E-state index contributed by atoms with van der Waals surface area (Å²) >= 11 is 0. The quantitative estimate of drug-likeness (QED) is 0.527. The summed E-state index contributed by atoms with van der Waals surface area (Å²) in [5.74, 6) is 0.527. The van der Waals surface area contributed by atoms with E-state index in [1.165, 1.54) is 7.11 Å². The Bertz CT molecular complexity index is 203. The molecular weight excluding hydrogens is 158 g/mol. The fourth-order valence-electron chi connectivity index (χ4n) is 1.06. The molecule has 0 aromatic carbocycles. The average molecular weight is 171 g/mol. The normalized spacial score (nSPS) is 21.5. The second kappa shape index (κ2) is 4.06. The van der Waals surface area contributed by atoms with Crippen molar-refractivity contribution in [3.8, 4) is 0 Å². The Morgan fingerprint density at radius 3 is 3.25 bits per heavy atom. The Morgan fingerprint density at radius 1 is 1.92 bits per heavy atom. The van der Waals surface area contributed by atoms with Crippen molar-refractivity contribution in [2.45, 2.75) is 12.5 Å². The first-order valence-electron chi connectivity index (χ1n) is 3.85. The van der Waals surface area contributed by atoms with E-state index in [9.17, 15) is 4.79 Å². The van der Waals surface area contributed by atoms with Gasteiger partial charge in [0, 0.05) is 6.42 Å². The summed E-state index contributed by atoms with van der Waals surface area (Å²) in [6, 6.07) is -0.309. The molecule has 0 spiro atoms. The summed E-state index contributed by atoms with van der Waals surface area (Å²) in [7, 11) is 1.37. The van der Waals surface area contributed by atoms with Crippen LogP contribution in [0.2, 0.25) is 0 Å². The number of ether oxygens (including phenoxy) is 1. The van der Waals surface area contributed by atoms with Gasteiger partial charge in [-0.25, -0.2) is 4.79 Å². The number of methoxy groups -OCH3 is 1. The van der Waals surface area contributed by atoms with Crippen LogP contribution in [0.25, 0.3) is 0 Å². The van der Waals surface area contributed by atoms with E-state index in [0.717, 1.165) is 5.84 Å². The first-order chi connectivity index (χ1) is 5.77. The molecule has 5 nitrogen and oxygen atoms in total. The molecular formula is C7H13N3O2. The van der Waals surface area contributed by atoms with Gasteiger partial charge in [0.2, 0.25) is 0 Å². The smallest absolute Gasteiger partial charge is 0.330 e.